The number of nitrogens with zero attached hydrogens (tertiary/aromatic N) is 4. The Morgan fingerprint density at radius 2 is 2.09 bits per heavy atom. The lowest BCUT2D eigenvalue weighted by atomic mass is 9.98. The Kier molecular flexibility index (Phi) is 6.66. The third-order valence-electron chi connectivity index (χ3n) is 4.05. The molecule has 3 rings (SSSR count). The third-order valence-corrected chi connectivity index (χ3v) is 4.05. The van der Waals surface area contributed by atoms with Gasteiger partial charge in [-0.15, -0.1) is 24.0 Å². The molecule has 2 fully saturated rings. The molecule has 2 heterocycles. The number of aliphatic imine (C=N–C) groups is 1. The lowest BCUT2D eigenvalue weighted by molar-refractivity contribution is 0.406. The molecule has 0 bridgehead atoms. The Labute approximate surface area is 149 Å². The number of piperidine rings is 1. The minimum atomic E-state index is 0. The maximum absolute atomic E-state index is 4.35. The van der Waals surface area contributed by atoms with Crippen LogP contribution in [0.4, 0.5) is 5.95 Å². The van der Waals surface area contributed by atoms with Crippen LogP contribution in [0.1, 0.15) is 25.7 Å². The highest BCUT2D eigenvalue weighted by atomic mass is 127. The number of hydrogen-bond donors (Lipinski definition) is 2. The standard InChI is InChI=1S/C15H24N6.HI/c1-16-14(20-13-5-6-13)19-10-12-4-2-9-21(11-12)15-17-7-3-8-18-15;/h3,7-8,12-13H,2,4-6,9-11H2,1H3,(H2,16,19,20);1H. The molecule has 0 amide bonds. The van der Waals surface area contributed by atoms with Crippen molar-refractivity contribution in [2.75, 3.05) is 31.6 Å². The smallest absolute Gasteiger partial charge is 0.225 e. The van der Waals surface area contributed by atoms with Gasteiger partial charge in [0.25, 0.3) is 0 Å². The molecule has 22 heavy (non-hydrogen) atoms. The van der Waals surface area contributed by atoms with E-state index < -0.39 is 0 Å². The normalized spacial score (nSPS) is 22.0. The number of guanidine groups is 1. The summed E-state index contributed by atoms with van der Waals surface area (Å²) < 4.78 is 0. The molecule has 0 aromatic carbocycles. The van der Waals surface area contributed by atoms with Crippen LogP contribution >= 0.6 is 24.0 Å². The SMILES string of the molecule is CN=C(NCC1CCCN(c2ncccn2)C1)NC1CC1.I. The second-order valence-corrected chi connectivity index (χ2v) is 5.87. The third kappa shape index (κ3) is 4.96. The van der Waals surface area contributed by atoms with Crippen LogP contribution in [0, 0.1) is 5.92 Å². The average Bonchev–Trinajstić information content (AvgIpc) is 3.36. The molecule has 0 radical (unpaired) electrons. The van der Waals surface area contributed by atoms with Crippen LogP contribution < -0.4 is 15.5 Å². The van der Waals surface area contributed by atoms with Crippen molar-refractivity contribution in [3.05, 3.63) is 18.5 Å². The number of aromatic nitrogens is 2. The molecule has 1 atom stereocenters. The van der Waals surface area contributed by atoms with Crippen LogP contribution in [0.5, 0.6) is 0 Å². The molecule has 0 spiro atoms. The first-order chi connectivity index (χ1) is 10.3. The lowest BCUT2D eigenvalue weighted by Gasteiger charge is -2.33. The Hall–Kier alpha value is -1.12. The zero-order chi connectivity index (χ0) is 14.5. The Morgan fingerprint density at radius 3 is 2.77 bits per heavy atom. The fourth-order valence-electron chi connectivity index (χ4n) is 2.72. The second-order valence-electron chi connectivity index (χ2n) is 5.87. The van der Waals surface area contributed by atoms with Crippen LogP contribution in [-0.2, 0) is 0 Å². The number of rotatable bonds is 4. The first-order valence-corrected chi connectivity index (χ1v) is 7.84. The summed E-state index contributed by atoms with van der Waals surface area (Å²) in [5, 5.41) is 6.88. The summed E-state index contributed by atoms with van der Waals surface area (Å²) in [5.41, 5.74) is 0. The van der Waals surface area contributed by atoms with Crippen molar-refractivity contribution in [2.45, 2.75) is 31.7 Å². The van der Waals surface area contributed by atoms with E-state index >= 15 is 0 Å². The molecule has 2 N–H and O–H groups in total. The fourth-order valence-corrected chi connectivity index (χ4v) is 2.72. The van der Waals surface area contributed by atoms with E-state index in [-0.39, 0.29) is 24.0 Å². The van der Waals surface area contributed by atoms with Gasteiger partial charge in [-0.1, -0.05) is 0 Å². The fraction of sp³-hybridized carbons (Fsp3) is 0.667. The topological polar surface area (TPSA) is 65.4 Å². The lowest BCUT2D eigenvalue weighted by Crippen LogP contribution is -2.45. The second kappa shape index (κ2) is 8.50. The molecule has 7 heteroatoms. The van der Waals surface area contributed by atoms with Gasteiger partial charge in [0.05, 0.1) is 0 Å². The molecule has 1 saturated carbocycles. The first-order valence-electron chi connectivity index (χ1n) is 7.84. The van der Waals surface area contributed by atoms with Gasteiger partial charge in [0.2, 0.25) is 5.95 Å². The van der Waals surface area contributed by atoms with Gasteiger partial charge < -0.3 is 15.5 Å². The Bertz CT molecular complexity index is 476. The van der Waals surface area contributed by atoms with Crippen molar-refractivity contribution in [1.29, 1.82) is 0 Å². The van der Waals surface area contributed by atoms with E-state index in [1.807, 2.05) is 25.5 Å². The van der Waals surface area contributed by atoms with Crippen LogP contribution in [0.25, 0.3) is 0 Å². The van der Waals surface area contributed by atoms with Crippen molar-refractivity contribution in [1.82, 2.24) is 20.6 Å². The zero-order valence-electron chi connectivity index (χ0n) is 13.0. The minimum absolute atomic E-state index is 0. The first kappa shape index (κ1) is 17.2. The van der Waals surface area contributed by atoms with Crippen molar-refractivity contribution >= 4 is 35.9 Å². The van der Waals surface area contributed by atoms with Gasteiger partial charge in [0.1, 0.15) is 0 Å². The van der Waals surface area contributed by atoms with E-state index in [1.165, 1.54) is 25.7 Å². The van der Waals surface area contributed by atoms with Crippen LogP contribution in [0.15, 0.2) is 23.5 Å². The minimum Gasteiger partial charge on any atom is -0.356 e. The molecular weight excluding hydrogens is 391 g/mol. The predicted octanol–water partition coefficient (Wildman–Crippen LogP) is 1.64. The Morgan fingerprint density at radius 1 is 1.32 bits per heavy atom. The van der Waals surface area contributed by atoms with Gasteiger partial charge in [0.15, 0.2) is 5.96 Å². The number of anilines is 1. The van der Waals surface area contributed by atoms with E-state index in [1.54, 1.807) is 0 Å². The van der Waals surface area contributed by atoms with Gasteiger partial charge in [-0.3, -0.25) is 4.99 Å². The molecule has 2 aliphatic rings. The van der Waals surface area contributed by atoms with Crippen molar-refractivity contribution in [3.63, 3.8) is 0 Å². The maximum Gasteiger partial charge on any atom is 0.225 e. The van der Waals surface area contributed by atoms with Gasteiger partial charge in [-0.2, -0.15) is 0 Å². The van der Waals surface area contributed by atoms with Crippen LogP contribution in [0.2, 0.25) is 0 Å². The molecule has 122 valence electrons. The largest absolute Gasteiger partial charge is 0.356 e. The number of nitrogens with one attached hydrogen (secondary N) is 2. The molecule has 1 aromatic rings. The van der Waals surface area contributed by atoms with Gasteiger partial charge in [0, 0.05) is 45.1 Å². The molecule has 1 aromatic heterocycles. The van der Waals surface area contributed by atoms with Crippen molar-refractivity contribution < 1.29 is 0 Å². The molecule has 1 aliphatic heterocycles. The van der Waals surface area contributed by atoms with Gasteiger partial charge in [-0.25, -0.2) is 9.97 Å². The molecule has 6 nitrogen and oxygen atoms in total. The number of hydrogen-bond acceptors (Lipinski definition) is 4. The summed E-state index contributed by atoms with van der Waals surface area (Å²) in [4.78, 5) is 15.3. The molecule has 1 saturated heterocycles. The molecular formula is C15H25IN6. The van der Waals surface area contributed by atoms with Gasteiger partial charge in [-0.05, 0) is 37.7 Å². The van der Waals surface area contributed by atoms with Crippen LogP contribution in [0.3, 0.4) is 0 Å². The van der Waals surface area contributed by atoms with E-state index in [2.05, 4.69) is 30.5 Å². The predicted molar refractivity (Wildman–Crippen MR) is 99.9 cm³/mol. The Balaban J connectivity index is 0.00000176. The summed E-state index contributed by atoms with van der Waals surface area (Å²) in [5.74, 6) is 2.40. The summed E-state index contributed by atoms with van der Waals surface area (Å²) in [6.45, 7) is 3.02. The maximum atomic E-state index is 4.35. The highest BCUT2D eigenvalue weighted by molar-refractivity contribution is 14.0. The highest BCUT2D eigenvalue weighted by Crippen LogP contribution is 2.20. The summed E-state index contributed by atoms with van der Waals surface area (Å²) in [6.07, 6.45) is 8.60. The molecule has 1 unspecified atom stereocenters. The monoisotopic (exact) mass is 416 g/mol. The number of halogens is 1. The summed E-state index contributed by atoms with van der Waals surface area (Å²) in [6, 6.07) is 2.50. The zero-order valence-corrected chi connectivity index (χ0v) is 15.4. The summed E-state index contributed by atoms with van der Waals surface area (Å²) in [7, 11) is 1.84. The van der Waals surface area contributed by atoms with E-state index in [0.29, 0.717) is 12.0 Å². The molecule has 1 aliphatic carbocycles. The summed E-state index contributed by atoms with van der Waals surface area (Å²) >= 11 is 0. The van der Waals surface area contributed by atoms with Crippen molar-refractivity contribution in [3.8, 4) is 0 Å². The van der Waals surface area contributed by atoms with E-state index in [0.717, 1.165) is 31.5 Å². The highest BCUT2D eigenvalue weighted by Gasteiger charge is 2.24. The quantitative estimate of drug-likeness (QED) is 0.444. The van der Waals surface area contributed by atoms with Gasteiger partial charge >= 0.3 is 0 Å². The van der Waals surface area contributed by atoms with Crippen molar-refractivity contribution in [2.24, 2.45) is 10.9 Å². The van der Waals surface area contributed by atoms with E-state index in [4.69, 9.17) is 0 Å². The van der Waals surface area contributed by atoms with E-state index in [9.17, 15) is 0 Å². The van der Waals surface area contributed by atoms with Crippen LogP contribution in [-0.4, -0.2) is 48.7 Å². The average molecular weight is 416 g/mol.